The number of hydrogen-bond donors (Lipinski definition) is 2. The lowest BCUT2D eigenvalue weighted by Crippen LogP contribution is -2.45. The second-order valence-electron chi connectivity index (χ2n) is 8.89. The number of rotatable bonds is 5. The molecule has 3 rings (SSSR count). The highest BCUT2D eigenvalue weighted by molar-refractivity contribution is 7.14. The lowest BCUT2D eigenvalue weighted by molar-refractivity contribution is 0.0529. The molecule has 174 valence electrons. The van der Waals surface area contributed by atoms with E-state index in [1.54, 1.807) is 27.7 Å². The normalized spacial score (nSPS) is 15.9. The van der Waals surface area contributed by atoms with Crippen molar-refractivity contribution in [3.63, 3.8) is 0 Å². The summed E-state index contributed by atoms with van der Waals surface area (Å²) >= 11 is 1.43. The maximum absolute atomic E-state index is 12.9. The van der Waals surface area contributed by atoms with Crippen molar-refractivity contribution in [2.45, 2.75) is 59.5 Å². The number of amides is 1. The minimum Gasteiger partial charge on any atom is -0.462 e. The lowest BCUT2D eigenvalue weighted by atomic mass is 9.91. The van der Waals surface area contributed by atoms with Gasteiger partial charge < -0.3 is 15.2 Å². The Morgan fingerprint density at radius 1 is 1.38 bits per heavy atom. The molecule has 0 saturated carbocycles. The van der Waals surface area contributed by atoms with E-state index >= 15 is 0 Å². The number of fused-ring (bicyclic) bond motifs is 1. The third-order valence-corrected chi connectivity index (χ3v) is 6.37. The van der Waals surface area contributed by atoms with Gasteiger partial charge in [-0.2, -0.15) is 4.98 Å². The Morgan fingerprint density at radius 2 is 2.09 bits per heavy atom. The Kier molecular flexibility index (Phi) is 6.92. The lowest BCUT2D eigenvalue weighted by Gasteiger charge is -2.34. The molecule has 0 radical (unpaired) electrons. The number of nitrogens with two attached hydrogens (primary N) is 1. The number of H-pyrrole nitrogens is 1. The fourth-order valence-electron chi connectivity index (χ4n) is 3.69. The summed E-state index contributed by atoms with van der Waals surface area (Å²) in [5.74, 6) is -0.0751. The highest BCUT2D eigenvalue weighted by atomic mass is 32.1. The summed E-state index contributed by atoms with van der Waals surface area (Å²) < 4.78 is 10.6. The Balaban J connectivity index is 1.81. The van der Waals surface area contributed by atoms with Crippen molar-refractivity contribution in [2.24, 2.45) is 5.92 Å². The average Bonchev–Trinajstić information content (AvgIpc) is 3.05. The van der Waals surface area contributed by atoms with Crippen molar-refractivity contribution < 1.29 is 19.1 Å². The predicted octanol–water partition coefficient (Wildman–Crippen LogP) is 3.45. The van der Waals surface area contributed by atoms with Crippen LogP contribution in [-0.2, 0) is 22.3 Å². The number of thiophene rings is 1. The van der Waals surface area contributed by atoms with Crippen LogP contribution >= 0.6 is 11.3 Å². The zero-order valence-corrected chi connectivity index (χ0v) is 19.9. The fraction of sp³-hybridized carbons (Fsp3) is 0.545. The van der Waals surface area contributed by atoms with Crippen LogP contribution < -0.4 is 16.2 Å². The van der Waals surface area contributed by atoms with Crippen LogP contribution in [0.25, 0.3) is 0 Å². The standard InChI is InChI=1S/C22H30N4O5S/c1-6-30-19(28)16-9-12(2)15(32-16)8-7-13-10-14-17(24-20(23)25-18(14)27)26(11-13)21(29)31-22(3,4)5/h9,13H,6-8,10-11H2,1-5H3,(H3,23,24,25,27)/t13-/m0/s1. The molecule has 32 heavy (non-hydrogen) atoms. The van der Waals surface area contributed by atoms with Gasteiger partial charge in [0.05, 0.1) is 12.2 Å². The van der Waals surface area contributed by atoms with E-state index in [0.29, 0.717) is 30.0 Å². The molecule has 2 aromatic rings. The minimum absolute atomic E-state index is 0.0223. The van der Waals surface area contributed by atoms with Crippen LogP contribution in [0.2, 0.25) is 0 Å². The summed E-state index contributed by atoms with van der Waals surface area (Å²) in [6, 6.07) is 1.85. The van der Waals surface area contributed by atoms with E-state index in [1.807, 2.05) is 13.0 Å². The molecule has 0 bridgehead atoms. The van der Waals surface area contributed by atoms with Crippen LogP contribution in [-0.4, -0.2) is 40.8 Å². The smallest absolute Gasteiger partial charge is 0.416 e. The summed E-state index contributed by atoms with van der Waals surface area (Å²) in [6.45, 7) is 9.80. The molecule has 3 N–H and O–H groups in total. The van der Waals surface area contributed by atoms with E-state index in [4.69, 9.17) is 15.2 Å². The summed E-state index contributed by atoms with van der Waals surface area (Å²) in [4.78, 5) is 47.3. The number of carbonyl (C=O) groups excluding carboxylic acids is 2. The Labute approximate surface area is 190 Å². The van der Waals surface area contributed by atoms with E-state index < -0.39 is 11.7 Å². The number of carbonyl (C=O) groups is 2. The molecule has 10 heteroatoms. The van der Waals surface area contributed by atoms with Crippen LogP contribution in [0.3, 0.4) is 0 Å². The van der Waals surface area contributed by atoms with Gasteiger partial charge in [-0.1, -0.05) is 0 Å². The molecule has 1 aliphatic heterocycles. The first kappa shape index (κ1) is 23.8. The van der Waals surface area contributed by atoms with Crippen molar-refractivity contribution >= 4 is 35.2 Å². The average molecular weight is 463 g/mol. The third-order valence-electron chi connectivity index (χ3n) is 5.09. The van der Waals surface area contributed by atoms with Gasteiger partial charge in [-0.15, -0.1) is 11.3 Å². The van der Waals surface area contributed by atoms with E-state index in [0.717, 1.165) is 23.3 Å². The summed E-state index contributed by atoms with van der Waals surface area (Å²) in [7, 11) is 0. The second-order valence-corrected chi connectivity index (χ2v) is 10.0. The first-order valence-corrected chi connectivity index (χ1v) is 11.5. The van der Waals surface area contributed by atoms with Crippen molar-refractivity contribution in [3.8, 4) is 0 Å². The van der Waals surface area contributed by atoms with Crippen molar-refractivity contribution in [1.29, 1.82) is 0 Å². The van der Waals surface area contributed by atoms with Crippen LogP contribution in [0.5, 0.6) is 0 Å². The molecule has 0 aliphatic carbocycles. The van der Waals surface area contributed by atoms with Gasteiger partial charge in [0, 0.05) is 11.4 Å². The summed E-state index contributed by atoms with van der Waals surface area (Å²) in [5.41, 5.74) is 6.15. The molecule has 9 nitrogen and oxygen atoms in total. The van der Waals surface area contributed by atoms with E-state index in [9.17, 15) is 14.4 Å². The van der Waals surface area contributed by atoms with Crippen molar-refractivity contribution in [2.75, 3.05) is 23.8 Å². The van der Waals surface area contributed by atoms with Crippen LogP contribution in [0, 0.1) is 12.8 Å². The zero-order valence-electron chi connectivity index (χ0n) is 19.1. The maximum Gasteiger partial charge on any atom is 0.416 e. The number of aromatic nitrogens is 2. The molecule has 0 unspecified atom stereocenters. The Bertz CT molecular complexity index is 1070. The highest BCUT2D eigenvalue weighted by Gasteiger charge is 2.34. The summed E-state index contributed by atoms with van der Waals surface area (Å²) in [5, 5.41) is 0. The van der Waals surface area contributed by atoms with E-state index in [2.05, 4.69) is 9.97 Å². The van der Waals surface area contributed by atoms with Gasteiger partial charge in [-0.05, 0) is 71.4 Å². The maximum atomic E-state index is 12.9. The number of hydrogen-bond acceptors (Lipinski definition) is 8. The van der Waals surface area contributed by atoms with Gasteiger partial charge in [0.25, 0.3) is 5.56 Å². The van der Waals surface area contributed by atoms with Crippen LogP contribution in [0.4, 0.5) is 16.6 Å². The number of anilines is 2. The molecule has 2 aromatic heterocycles. The van der Waals surface area contributed by atoms with E-state index in [1.165, 1.54) is 16.2 Å². The van der Waals surface area contributed by atoms with Gasteiger partial charge in [0.15, 0.2) is 5.82 Å². The monoisotopic (exact) mass is 462 g/mol. The predicted molar refractivity (Wildman–Crippen MR) is 123 cm³/mol. The first-order valence-electron chi connectivity index (χ1n) is 10.6. The molecular weight excluding hydrogens is 432 g/mol. The molecule has 0 spiro atoms. The van der Waals surface area contributed by atoms with Gasteiger partial charge in [0.1, 0.15) is 10.5 Å². The van der Waals surface area contributed by atoms with Gasteiger partial charge in [0.2, 0.25) is 5.95 Å². The molecule has 0 saturated heterocycles. The van der Waals surface area contributed by atoms with Gasteiger partial charge in [-0.25, -0.2) is 9.59 Å². The number of nitrogen functional groups attached to an aromatic ring is 1. The fourth-order valence-corrected chi connectivity index (χ4v) is 4.77. The highest BCUT2D eigenvalue weighted by Crippen LogP contribution is 2.31. The summed E-state index contributed by atoms with van der Waals surface area (Å²) in [6.07, 6.45) is 1.37. The number of esters is 1. The van der Waals surface area contributed by atoms with Crippen LogP contribution in [0.1, 0.15) is 59.8 Å². The Hall–Kier alpha value is -2.88. The molecule has 1 amide bonds. The molecule has 3 heterocycles. The van der Waals surface area contributed by atoms with Crippen molar-refractivity contribution in [1.82, 2.24) is 9.97 Å². The molecule has 0 fully saturated rings. The number of ether oxygens (including phenoxy) is 2. The molecule has 1 aliphatic rings. The molecular formula is C22H30N4O5S. The molecule has 0 aromatic carbocycles. The minimum atomic E-state index is -0.686. The van der Waals surface area contributed by atoms with Crippen LogP contribution in [0.15, 0.2) is 10.9 Å². The van der Waals surface area contributed by atoms with Gasteiger partial charge in [-0.3, -0.25) is 14.7 Å². The van der Waals surface area contributed by atoms with Crippen molar-refractivity contribution in [3.05, 3.63) is 37.3 Å². The van der Waals surface area contributed by atoms with Gasteiger partial charge >= 0.3 is 12.1 Å². The third kappa shape index (κ3) is 5.48. The number of nitrogens with one attached hydrogen (secondary N) is 1. The quantitative estimate of drug-likeness (QED) is 0.651. The molecule has 1 atom stereocenters. The Morgan fingerprint density at radius 3 is 2.75 bits per heavy atom. The SMILES string of the molecule is CCOC(=O)c1cc(C)c(CC[C@H]2Cc3c(nc(N)[nH]c3=O)N(C(=O)OC(C)(C)C)C2)s1. The number of aryl methyl sites for hydroxylation is 2. The first-order chi connectivity index (χ1) is 15.0. The number of nitrogens with zero attached hydrogens (tertiary/aromatic N) is 2. The van der Waals surface area contributed by atoms with E-state index in [-0.39, 0.29) is 29.2 Å². The number of aromatic amines is 1. The zero-order chi connectivity index (χ0) is 23.6. The topological polar surface area (TPSA) is 128 Å². The second kappa shape index (κ2) is 9.32. The largest absolute Gasteiger partial charge is 0.462 e.